The highest BCUT2D eigenvalue weighted by molar-refractivity contribution is 7.91. The zero-order valence-corrected chi connectivity index (χ0v) is 22.9. The number of ether oxygens (including phenoxy) is 1. The molecule has 8 heteroatoms. The highest BCUT2D eigenvalue weighted by Gasteiger charge is 2.41. The molecule has 0 radical (unpaired) electrons. The predicted molar refractivity (Wildman–Crippen MR) is 149 cm³/mol. The number of hydrogen-bond donors (Lipinski definition) is 1. The summed E-state index contributed by atoms with van der Waals surface area (Å²) in [7, 11) is -3.35. The molecule has 39 heavy (non-hydrogen) atoms. The Morgan fingerprint density at radius 2 is 1.72 bits per heavy atom. The fourth-order valence-electron chi connectivity index (χ4n) is 6.51. The van der Waals surface area contributed by atoms with E-state index in [1.165, 1.54) is 0 Å². The number of benzene rings is 2. The van der Waals surface area contributed by atoms with Crippen molar-refractivity contribution in [2.75, 3.05) is 32.8 Å². The first-order chi connectivity index (χ1) is 19.0. The number of nitrogens with one attached hydrogen (secondary N) is 2. The van der Waals surface area contributed by atoms with Crippen LogP contribution in [0.2, 0.25) is 0 Å². The van der Waals surface area contributed by atoms with Crippen LogP contribution in [0.4, 0.5) is 0 Å². The fraction of sp³-hybridized carbons (Fsp3) is 0.419. The average molecular weight is 547 g/mol. The normalized spacial score (nSPS) is 24.2. The summed E-state index contributed by atoms with van der Waals surface area (Å²) < 4.78 is 31.9. The molecule has 2 N–H and O–H groups in total. The number of H-pyrrole nitrogens is 1. The molecule has 3 atom stereocenters. The molecule has 2 saturated heterocycles. The van der Waals surface area contributed by atoms with Gasteiger partial charge in [-0.2, -0.15) is 0 Å². The van der Waals surface area contributed by atoms with Crippen molar-refractivity contribution >= 4 is 15.7 Å². The number of rotatable bonds is 6. The van der Waals surface area contributed by atoms with Gasteiger partial charge in [-0.15, -0.1) is 0 Å². The molecule has 3 aliphatic rings. The lowest BCUT2D eigenvalue weighted by Crippen LogP contribution is -2.47. The molecule has 7 nitrogen and oxygen atoms in total. The summed E-state index contributed by atoms with van der Waals surface area (Å²) >= 11 is 0. The van der Waals surface area contributed by atoms with E-state index in [1.807, 2.05) is 41.3 Å². The third kappa shape index (κ3) is 5.13. The quantitative estimate of drug-likeness (QED) is 0.508. The van der Waals surface area contributed by atoms with E-state index >= 15 is 0 Å². The van der Waals surface area contributed by atoms with Gasteiger partial charge in [0.05, 0.1) is 30.4 Å². The molecule has 0 bridgehead atoms. The minimum absolute atomic E-state index is 0.00914. The minimum Gasteiger partial charge on any atom is -0.377 e. The lowest BCUT2D eigenvalue weighted by atomic mass is 9.83. The average Bonchev–Trinajstić information content (AvgIpc) is 3.71. The number of morpholine rings is 1. The molecule has 1 saturated carbocycles. The van der Waals surface area contributed by atoms with Gasteiger partial charge in [0.15, 0.2) is 6.20 Å². The second-order valence-electron chi connectivity index (χ2n) is 10.9. The summed E-state index contributed by atoms with van der Waals surface area (Å²) in [5.74, 6) is -0.0298. The van der Waals surface area contributed by atoms with Gasteiger partial charge in [-0.3, -0.25) is 4.79 Å². The highest BCUT2D eigenvalue weighted by atomic mass is 32.2. The number of aromatic nitrogens is 1. The Morgan fingerprint density at radius 1 is 0.949 bits per heavy atom. The number of sulfone groups is 1. The first-order valence-electron chi connectivity index (χ1n) is 14.0. The van der Waals surface area contributed by atoms with E-state index in [2.05, 4.69) is 34.6 Å². The van der Waals surface area contributed by atoms with Crippen LogP contribution in [0.3, 0.4) is 0 Å². The predicted octanol–water partition coefficient (Wildman–Crippen LogP) is 3.79. The van der Waals surface area contributed by atoms with E-state index in [9.17, 15) is 13.2 Å². The lowest BCUT2D eigenvalue weighted by Gasteiger charge is -2.38. The molecule has 2 aromatic carbocycles. The molecule has 3 fully saturated rings. The van der Waals surface area contributed by atoms with Gasteiger partial charge in [0.2, 0.25) is 15.7 Å². The molecule has 1 amide bonds. The Hall–Kier alpha value is -3.07. The van der Waals surface area contributed by atoms with Crippen molar-refractivity contribution in [2.45, 2.75) is 47.9 Å². The van der Waals surface area contributed by atoms with Gasteiger partial charge in [-0.05, 0) is 35.6 Å². The SMILES string of the molecule is O=C([C@@H]1CNC[C@H]1c1ccccc1-c1ccc(S(=O)(=O)C2CCCC2)[nH+]c1)N1CCOC[C@@H]1c1ccccc1. The maximum Gasteiger partial charge on any atom is 0.296 e. The fourth-order valence-corrected chi connectivity index (χ4v) is 8.31. The summed E-state index contributed by atoms with van der Waals surface area (Å²) in [6, 6.07) is 21.8. The first kappa shape index (κ1) is 26.2. The van der Waals surface area contributed by atoms with Crippen molar-refractivity contribution in [1.29, 1.82) is 0 Å². The van der Waals surface area contributed by atoms with Crippen molar-refractivity contribution in [3.8, 4) is 11.1 Å². The van der Waals surface area contributed by atoms with Crippen molar-refractivity contribution in [3.05, 3.63) is 84.1 Å². The molecule has 6 rings (SSSR count). The zero-order chi connectivity index (χ0) is 26.8. The molecule has 0 spiro atoms. The highest BCUT2D eigenvalue weighted by Crippen LogP contribution is 2.38. The van der Waals surface area contributed by atoms with Gasteiger partial charge in [0, 0.05) is 37.2 Å². The van der Waals surface area contributed by atoms with E-state index in [0.717, 1.165) is 47.9 Å². The Morgan fingerprint density at radius 3 is 2.49 bits per heavy atom. The number of amides is 1. The smallest absolute Gasteiger partial charge is 0.296 e. The van der Waals surface area contributed by atoms with Gasteiger partial charge in [0.1, 0.15) is 0 Å². The van der Waals surface area contributed by atoms with Crippen LogP contribution < -0.4 is 10.3 Å². The summed E-state index contributed by atoms with van der Waals surface area (Å²) in [4.78, 5) is 19.1. The van der Waals surface area contributed by atoms with Crippen molar-refractivity contribution < 1.29 is 22.9 Å². The maximum atomic E-state index is 14.1. The van der Waals surface area contributed by atoms with Crippen LogP contribution in [0.25, 0.3) is 11.1 Å². The Labute approximate surface area is 230 Å². The van der Waals surface area contributed by atoms with Gasteiger partial charge in [0.25, 0.3) is 5.03 Å². The van der Waals surface area contributed by atoms with Crippen LogP contribution >= 0.6 is 0 Å². The maximum absolute atomic E-state index is 14.1. The van der Waals surface area contributed by atoms with E-state index < -0.39 is 9.84 Å². The molecule has 1 aromatic heterocycles. The third-order valence-electron chi connectivity index (χ3n) is 8.63. The van der Waals surface area contributed by atoms with Gasteiger partial charge >= 0.3 is 0 Å². The van der Waals surface area contributed by atoms with Crippen molar-refractivity contribution in [1.82, 2.24) is 10.2 Å². The molecule has 1 aliphatic carbocycles. The second-order valence-corrected chi connectivity index (χ2v) is 13.1. The largest absolute Gasteiger partial charge is 0.377 e. The molecule has 0 unspecified atom stereocenters. The molecular weight excluding hydrogens is 510 g/mol. The van der Waals surface area contributed by atoms with Gasteiger partial charge in [-0.1, -0.05) is 67.4 Å². The molecule has 3 aromatic rings. The van der Waals surface area contributed by atoms with E-state index in [0.29, 0.717) is 32.8 Å². The van der Waals surface area contributed by atoms with Crippen LogP contribution in [0, 0.1) is 5.92 Å². The summed E-state index contributed by atoms with van der Waals surface area (Å²) in [5, 5.41) is 3.46. The monoisotopic (exact) mass is 546 g/mol. The van der Waals surface area contributed by atoms with Gasteiger partial charge in [-0.25, -0.2) is 13.4 Å². The number of nitrogens with zero attached hydrogens (tertiary/aromatic N) is 1. The summed E-state index contributed by atoms with van der Waals surface area (Å²) in [5.41, 5.74) is 4.14. The molecule has 204 valence electrons. The second kappa shape index (κ2) is 11.2. The number of carbonyl (C=O) groups is 1. The van der Waals surface area contributed by atoms with E-state index in [-0.39, 0.29) is 34.1 Å². The summed E-state index contributed by atoms with van der Waals surface area (Å²) in [6.45, 7) is 2.97. The number of hydrogen-bond acceptors (Lipinski definition) is 5. The topological polar surface area (TPSA) is 89.8 Å². The number of pyridine rings is 1. The van der Waals surface area contributed by atoms with Gasteiger partial charge < -0.3 is 15.0 Å². The van der Waals surface area contributed by atoms with Crippen LogP contribution in [-0.4, -0.2) is 57.3 Å². The van der Waals surface area contributed by atoms with Crippen molar-refractivity contribution in [3.63, 3.8) is 0 Å². The van der Waals surface area contributed by atoms with Crippen LogP contribution in [0.15, 0.2) is 78.0 Å². The molecule has 3 heterocycles. The standard InChI is InChI=1S/C31H35N3O4S/c35-31(34-16-17-38-21-29(34)22-8-2-1-3-9-22)28-20-32-19-27(28)26-13-7-6-12-25(26)23-14-15-30(33-18-23)39(36,37)24-10-4-5-11-24/h1-3,6-9,12-15,18,24,27-29,32H,4-5,10-11,16-17,19-21H2/p+1/t27-,28+,29+/m0/s1. The number of carbonyl (C=O) groups excluding carboxylic acids is 1. The van der Waals surface area contributed by atoms with E-state index in [1.54, 1.807) is 12.3 Å². The first-order valence-corrected chi connectivity index (χ1v) is 15.6. The Kier molecular flexibility index (Phi) is 7.51. The van der Waals surface area contributed by atoms with Crippen LogP contribution in [0.5, 0.6) is 0 Å². The summed E-state index contributed by atoms with van der Waals surface area (Å²) in [6.07, 6.45) is 5.22. The Bertz CT molecular complexity index is 1410. The zero-order valence-electron chi connectivity index (χ0n) is 22.1. The molecular formula is C31H36N3O4S+. The van der Waals surface area contributed by atoms with Crippen molar-refractivity contribution in [2.24, 2.45) is 5.92 Å². The van der Waals surface area contributed by atoms with E-state index in [4.69, 9.17) is 4.74 Å². The number of aromatic amines is 1. The van der Waals surface area contributed by atoms with Crippen LogP contribution in [-0.2, 0) is 19.4 Å². The third-order valence-corrected chi connectivity index (χ3v) is 10.8. The lowest BCUT2D eigenvalue weighted by molar-refractivity contribution is -0.427. The Balaban J connectivity index is 1.27. The minimum atomic E-state index is -3.35. The van der Waals surface area contributed by atoms with Crippen LogP contribution in [0.1, 0.15) is 48.8 Å². The molecule has 2 aliphatic heterocycles.